The van der Waals surface area contributed by atoms with Crippen LogP contribution < -0.4 is 10.1 Å². The SMILES string of the molecule is O=C(NC1CN2CCC1CC2)Oc1cc(-c2cccnc2)cs1. The minimum Gasteiger partial charge on any atom is -0.399 e. The van der Waals surface area contributed by atoms with E-state index in [1.165, 1.54) is 24.2 Å². The number of ether oxygens (including phenoxy) is 1. The first-order valence-corrected chi connectivity index (χ1v) is 8.85. The van der Waals surface area contributed by atoms with Crippen LogP contribution in [0.15, 0.2) is 36.0 Å². The Morgan fingerprint density at radius 2 is 2.22 bits per heavy atom. The van der Waals surface area contributed by atoms with Crippen molar-refractivity contribution in [2.45, 2.75) is 18.9 Å². The van der Waals surface area contributed by atoms with Gasteiger partial charge in [-0.1, -0.05) is 6.07 Å². The highest BCUT2D eigenvalue weighted by atomic mass is 32.1. The molecule has 0 saturated carbocycles. The summed E-state index contributed by atoms with van der Waals surface area (Å²) in [7, 11) is 0. The maximum Gasteiger partial charge on any atom is 0.413 e. The van der Waals surface area contributed by atoms with Crippen molar-refractivity contribution in [3.8, 4) is 16.2 Å². The molecule has 5 rings (SSSR count). The normalized spacial score (nSPS) is 26.0. The summed E-state index contributed by atoms with van der Waals surface area (Å²) in [6, 6.07) is 6.00. The van der Waals surface area contributed by atoms with Crippen molar-refractivity contribution in [3.05, 3.63) is 36.0 Å². The third kappa shape index (κ3) is 3.23. The van der Waals surface area contributed by atoms with E-state index < -0.39 is 0 Å². The molecule has 3 saturated heterocycles. The first-order valence-electron chi connectivity index (χ1n) is 7.97. The highest BCUT2D eigenvalue weighted by Gasteiger charge is 2.35. The monoisotopic (exact) mass is 329 g/mol. The molecule has 23 heavy (non-hydrogen) atoms. The molecule has 5 nitrogen and oxygen atoms in total. The van der Waals surface area contributed by atoms with Gasteiger partial charge in [0, 0.05) is 42.0 Å². The van der Waals surface area contributed by atoms with E-state index >= 15 is 0 Å². The van der Waals surface area contributed by atoms with Gasteiger partial charge in [-0.05, 0) is 43.5 Å². The van der Waals surface area contributed by atoms with Crippen molar-refractivity contribution in [2.24, 2.45) is 5.92 Å². The van der Waals surface area contributed by atoms with Gasteiger partial charge in [-0.25, -0.2) is 4.79 Å². The Kier molecular flexibility index (Phi) is 4.01. The van der Waals surface area contributed by atoms with Crippen LogP contribution in [0, 0.1) is 5.92 Å². The van der Waals surface area contributed by atoms with E-state index in [4.69, 9.17) is 4.74 Å². The standard InChI is InChI=1S/C17H19N3O2S/c21-17(19-15-10-20-6-3-12(15)4-7-20)22-16-8-14(11-23-16)13-2-1-5-18-9-13/h1-2,5,8-9,11-12,15H,3-4,6-7,10H2,(H,19,21). The minimum absolute atomic E-state index is 0.225. The number of aromatic nitrogens is 1. The van der Waals surface area contributed by atoms with Crippen LogP contribution in [0.2, 0.25) is 0 Å². The Balaban J connectivity index is 1.37. The number of piperidine rings is 3. The van der Waals surface area contributed by atoms with E-state index in [0.717, 1.165) is 30.8 Å². The number of nitrogens with zero attached hydrogens (tertiary/aromatic N) is 2. The van der Waals surface area contributed by atoms with E-state index in [0.29, 0.717) is 11.0 Å². The lowest BCUT2D eigenvalue weighted by molar-refractivity contribution is 0.0726. The highest BCUT2D eigenvalue weighted by molar-refractivity contribution is 7.12. The van der Waals surface area contributed by atoms with Gasteiger partial charge in [-0.15, -0.1) is 11.3 Å². The van der Waals surface area contributed by atoms with Crippen LogP contribution in [0.25, 0.3) is 11.1 Å². The molecule has 1 amide bonds. The Bertz CT molecular complexity index is 680. The van der Waals surface area contributed by atoms with E-state index in [1.54, 1.807) is 12.4 Å². The smallest absolute Gasteiger partial charge is 0.399 e. The second-order valence-electron chi connectivity index (χ2n) is 6.17. The number of thiophene rings is 1. The second-order valence-corrected chi connectivity index (χ2v) is 7.05. The number of amides is 1. The zero-order valence-corrected chi connectivity index (χ0v) is 13.6. The van der Waals surface area contributed by atoms with Crippen molar-refractivity contribution in [2.75, 3.05) is 19.6 Å². The molecule has 2 bridgehead atoms. The maximum absolute atomic E-state index is 12.1. The maximum atomic E-state index is 12.1. The Morgan fingerprint density at radius 3 is 2.91 bits per heavy atom. The molecule has 3 aliphatic heterocycles. The van der Waals surface area contributed by atoms with Crippen LogP contribution in [-0.2, 0) is 0 Å². The summed E-state index contributed by atoms with van der Waals surface area (Å²) in [5.41, 5.74) is 2.05. The number of fused-ring (bicyclic) bond motifs is 3. The number of pyridine rings is 1. The first kappa shape index (κ1) is 14.7. The summed E-state index contributed by atoms with van der Waals surface area (Å²) < 4.78 is 5.46. The predicted octanol–water partition coefficient (Wildman–Crippen LogP) is 2.99. The number of hydrogen-bond donors (Lipinski definition) is 1. The van der Waals surface area contributed by atoms with Gasteiger partial charge in [0.1, 0.15) is 0 Å². The lowest BCUT2D eigenvalue weighted by atomic mass is 9.84. The molecule has 2 aromatic heterocycles. The average Bonchev–Trinajstić information content (AvgIpc) is 3.05. The third-order valence-corrected chi connectivity index (χ3v) is 5.53. The molecule has 6 heteroatoms. The van der Waals surface area contributed by atoms with Gasteiger partial charge in [0.05, 0.1) is 0 Å². The Hall–Kier alpha value is -1.92. The molecule has 0 aliphatic carbocycles. The van der Waals surface area contributed by atoms with Crippen molar-refractivity contribution >= 4 is 17.4 Å². The predicted molar refractivity (Wildman–Crippen MR) is 89.7 cm³/mol. The minimum atomic E-state index is -0.344. The molecular formula is C17H19N3O2S. The number of rotatable bonds is 3. The van der Waals surface area contributed by atoms with Crippen molar-refractivity contribution in [1.82, 2.24) is 15.2 Å². The summed E-state index contributed by atoms with van der Waals surface area (Å²) in [4.78, 5) is 18.7. The van der Waals surface area contributed by atoms with E-state index in [-0.39, 0.29) is 12.1 Å². The van der Waals surface area contributed by atoms with Crippen molar-refractivity contribution < 1.29 is 9.53 Å². The summed E-state index contributed by atoms with van der Waals surface area (Å²) in [6.07, 6.45) is 5.56. The van der Waals surface area contributed by atoms with Crippen LogP contribution in [-0.4, -0.2) is 41.7 Å². The largest absolute Gasteiger partial charge is 0.413 e. The van der Waals surface area contributed by atoms with E-state index in [2.05, 4.69) is 15.2 Å². The molecule has 1 unspecified atom stereocenters. The van der Waals surface area contributed by atoms with Crippen LogP contribution >= 0.6 is 11.3 Å². The van der Waals surface area contributed by atoms with Crippen LogP contribution in [0.1, 0.15) is 12.8 Å². The van der Waals surface area contributed by atoms with Crippen molar-refractivity contribution in [1.29, 1.82) is 0 Å². The molecule has 1 atom stereocenters. The zero-order valence-electron chi connectivity index (χ0n) is 12.8. The lowest BCUT2D eigenvalue weighted by Gasteiger charge is -2.44. The van der Waals surface area contributed by atoms with Crippen LogP contribution in [0.4, 0.5) is 4.79 Å². The summed E-state index contributed by atoms with van der Waals surface area (Å²) in [6.45, 7) is 3.28. The summed E-state index contributed by atoms with van der Waals surface area (Å²) >= 11 is 1.43. The molecule has 5 heterocycles. The van der Waals surface area contributed by atoms with Crippen LogP contribution in [0.3, 0.4) is 0 Å². The van der Waals surface area contributed by atoms with Crippen molar-refractivity contribution in [3.63, 3.8) is 0 Å². The topological polar surface area (TPSA) is 54.5 Å². The molecule has 0 radical (unpaired) electrons. The summed E-state index contributed by atoms with van der Waals surface area (Å²) in [5, 5.41) is 5.63. The van der Waals surface area contributed by atoms with Gasteiger partial charge in [0.25, 0.3) is 0 Å². The summed E-state index contributed by atoms with van der Waals surface area (Å²) in [5.74, 6) is 0.599. The third-order valence-electron chi connectivity index (χ3n) is 4.72. The van der Waals surface area contributed by atoms with Gasteiger partial charge in [0.15, 0.2) is 5.06 Å². The highest BCUT2D eigenvalue weighted by Crippen LogP contribution is 2.31. The quantitative estimate of drug-likeness (QED) is 0.940. The molecule has 0 aromatic carbocycles. The van der Waals surface area contributed by atoms with Gasteiger partial charge in [-0.3, -0.25) is 4.98 Å². The van der Waals surface area contributed by atoms with Gasteiger partial charge >= 0.3 is 6.09 Å². The Morgan fingerprint density at radius 1 is 1.35 bits per heavy atom. The van der Waals surface area contributed by atoms with Gasteiger partial charge in [0.2, 0.25) is 0 Å². The number of carbonyl (C=O) groups is 1. The first-order chi connectivity index (χ1) is 11.3. The molecule has 3 fully saturated rings. The fourth-order valence-electron chi connectivity index (χ4n) is 3.46. The van der Waals surface area contributed by atoms with Crippen LogP contribution in [0.5, 0.6) is 5.06 Å². The van der Waals surface area contributed by atoms with E-state index in [9.17, 15) is 4.79 Å². The molecule has 3 aliphatic rings. The second kappa shape index (κ2) is 6.29. The number of carbonyl (C=O) groups excluding carboxylic acids is 1. The van der Waals surface area contributed by atoms with E-state index in [1.807, 2.05) is 23.6 Å². The molecule has 1 N–H and O–H groups in total. The number of nitrogens with one attached hydrogen (secondary N) is 1. The fourth-order valence-corrected chi connectivity index (χ4v) is 4.22. The zero-order chi connectivity index (χ0) is 15.6. The molecular weight excluding hydrogens is 310 g/mol. The van der Waals surface area contributed by atoms with Gasteiger partial charge < -0.3 is 15.0 Å². The molecule has 120 valence electrons. The fraction of sp³-hybridized carbons (Fsp3) is 0.412. The van der Waals surface area contributed by atoms with Gasteiger partial charge in [-0.2, -0.15) is 0 Å². The lowest BCUT2D eigenvalue weighted by Crippen LogP contribution is -2.57. The Labute approximate surface area is 139 Å². The number of hydrogen-bond acceptors (Lipinski definition) is 5. The molecule has 2 aromatic rings. The molecule has 0 spiro atoms. The average molecular weight is 329 g/mol.